The molecule has 0 aromatic rings. The van der Waals surface area contributed by atoms with Crippen LogP contribution in [0.5, 0.6) is 0 Å². The quantitative estimate of drug-likeness (QED) is 0.324. The molecule has 0 spiro atoms. The van der Waals surface area contributed by atoms with E-state index in [0.29, 0.717) is 5.92 Å². The van der Waals surface area contributed by atoms with Crippen LogP contribution in [0.4, 0.5) is 0 Å². The molecule has 2 saturated heterocycles. The van der Waals surface area contributed by atoms with Gasteiger partial charge in [-0.1, -0.05) is 40.0 Å². The van der Waals surface area contributed by atoms with Gasteiger partial charge in [0.1, 0.15) is 0 Å². The Morgan fingerprint density at radius 2 is 1.73 bits per heavy atom. The number of fused-ring (bicyclic) bond motifs is 1. The zero-order valence-electron chi connectivity index (χ0n) is 23.8. The summed E-state index contributed by atoms with van der Waals surface area (Å²) in [6.07, 6.45) is 10.3. The van der Waals surface area contributed by atoms with E-state index in [1.54, 1.807) is 0 Å². The van der Waals surface area contributed by atoms with Crippen LogP contribution >= 0.6 is 0 Å². The Hall–Kier alpha value is -0.730. The number of rotatable bonds is 11. The van der Waals surface area contributed by atoms with Crippen LogP contribution in [-0.4, -0.2) is 59.3 Å². The minimum absolute atomic E-state index is 0.0967. The first-order valence-electron chi connectivity index (χ1n) is 15.0. The molecule has 2 aliphatic carbocycles. The number of hydrogen-bond donors (Lipinski definition) is 2. The van der Waals surface area contributed by atoms with Crippen molar-refractivity contribution in [2.75, 3.05) is 6.61 Å². The maximum absolute atomic E-state index is 12.7. The van der Waals surface area contributed by atoms with E-state index in [-0.39, 0.29) is 36.4 Å². The molecule has 2 heterocycles. The second-order valence-corrected chi connectivity index (χ2v) is 13.5. The molecule has 4 fully saturated rings. The first kappa shape index (κ1) is 29.3. The molecule has 7 heteroatoms. The van der Waals surface area contributed by atoms with Crippen LogP contribution < -0.4 is 0 Å². The topological polar surface area (TPSA) is 94.5 Å². The second-order valence-electron chi connectivity index (χ2n) is 13.5. The third-order valence-corrected chi connectivity index (χ3v) is 9.59. The normalized spacial score (nSPS) is 39.4. The van der Waals surface area contributed by atoms with Crippen molar-refractivity contribution in [2.45, 2.75) is 148 Å². The van der Waals surface area contributed by atoms with E-state index in [9.17, 15) is 15.0 Å². The first-order valence-corrected chi connectivity index (χ1v) is 15.0. The van der Waals surface area contributed by atoms with Crippen molar-refractivity contribution >= 4 is 5.97 Å². The van der Waals surface area contributed by atoms with E-state index < -0.39 is 29.2 Å². The molecular weight excluding hydrogens is 472 g/mol. The standard InChI is InChI=1S/C30H52O7/c1-19(2)10-6-7-11-20-18-22(26-25(20)36-29(3,4)37-26)24(28(32)33)27(31)30(5)15-13-21(14-16-30)35-23-12-8-9-17-34-23/h19-27,31H,6-18H2,1-5H3,(H,32,33)/t20-,21?,22-,23?,24?,25+,26-,27?,30?/m1/s1. The largest absolute Gasteiger partial charge is 0.481 e. The minimum Gasteiger partial charge on any atom is -0.481 e. The fraction of sp³-hybridized carbons (Fsp3) is 0.967. The molecule has 4 aliphatic rings. The number of aliphatic carboxylic acids is 1. The molecule has 0 aromatic heterocycles. The number of carboxylic acid groups (broad SMARTS) is 1. The van der Waals surface area contributed by atoms with Crippen molar-refractivity contribution in [3.05, 3.63) is 0 Å². The van der Waals surface area contributed by atoms with E-state index in [1.807, 2.05) is 13.8 Å². The molecule has 0 radical (unpaired) electrons. The van der Waals surface area contributed by atoms with Gasteiger partial charge in [0.15, 0.2) is 12.1 Å². The number of aliphatic hydroxyl groups excluding tert-OH is 1. The van der Waals surface area contributed by atoms with Crippen LogP contribution in [0.1, 0.15) is 112 Å². The van der Waals surface area contributed by atoms with Gasteiger partial charge in [-0.15, -0.1) is 0 Å². The number of unbranched alkanes of at least 4 members (excludes halogenated alkanes) is 1. The van der Waals surface area contributed by atoms with Gasteiger partial charge >= 0.3 is 5.97 Å². The van der Waals surface area contributed by atoms with E-state index in [1.165, 1.54) is 12.8 Å². The zero-order valence-corrected chi connectivity index (χ0v) is 23.8. The SMILES string of the molecule is CC(C)CCCC[C@@H]1C[C@H](C(C(=O)O)C(O)C2(C)CCC(OC3CCCCO3)CC2)[C@H]2OC(C)(C)O[C@@H]12. The maximum atomic E-state index is 12.7. The van der Waals surface area contributed by atoms with Crippen molar-refractivity contribution in [3.63, 3.8) is 0 Å². The molecule has 2 N–H and O–H groups in total. The summed E-state index contributed by atoms with van der Waals surface area (Å²) in [4.78, 5) is 12.7. The smallest absolute Gasteiger partial charge is 0.309 e. The fourth-order valence-electron chi connectivity index (χ4n) is 7.42. The van der Waals surface area contributed by atoms with Crippen LogP contribution in [0.15, 0.2) is 0 Å². The van der Waals surface area contributed by atoms with Gasteiger partial charge in [-0.2, -0.15) is 0 Å². The third kappa shape index (κ3) is 7.08. The monoisotopic (exact) mass is 524 g/mol. The summed E-state index contributed by atoms with van der Waals surface area (Å²) in [5.41, 5.74) is -0.462. The van der Waals surface area contributed by atoms with Gasteiger partial charge in [-0.05, 0) is 88.9 Å². The van der Waals surface area contributed by atoms with Gasteiger partial charge in [0.05, 0.1) is 30.3 Å². The van der Waals surface area contributed by atoms with E-state index in [2.05, 4.69) is 20.8 Å². The Balaban J connectivity index is 1.41. The Kier molecular flexibility index (Phi) is 9.65. The molecular formula is C30H52O7. The highest BCUT2D eigenvalue weighted by Gasteiger charge is 2.59. The molecule has 2 saturated carbocycles. The summed E-state index contributed by atoms with van der Waals surface area (Å²) in [7, 11) is 0. The van der Waals surface area contributed by atoms with Gasteiger partial charge in [0, 0.05) is 12.5 Å². The van der Waals surface area contributed by atoms with E-state index in [0.717, 1.165) is 70.8 Å². The lowest BCUT2D eigenvalue weighted by atomic mass is 9.65. The van der Waals surface area contributed by atoms with Crippen LogP contribution in [0.3, 0.4) is 0 Å². The van der Waals surface area contributed by atoms with Crippen LogP contribution in [0.2, 0.25) is 0 Å². The number of ether oxygens (including phenoxy) is 4. The van der Waals surface area contributed by atoms with E-state index >= 15 is 0 Å². The molecule has 4 rings (SSSR count). The van der Waals surface area contributed by atoms with E-state index in [4.69, 9.17) is 18.9 Å². The number of carbonyl (C=O) groups is 1. The Morgan fingerprint density at radius 3 is 2.35 bits per heavy atom. The highest BCUT2D eigenvalue weighted by Crippen LogP contribution is 2.52. The lowest BCUT2D eigenvalue weighted by molar-refractivity contribution is -0.202. The van der Waals surface area contributed by atoms with Crippen molar-refractivity contribution < 1.29 is 34.0 Å². The summed E-state index contributed by atoms with van der Waals surface area (Å²) >= 11 is 0. The fourth-order valence-corrected chi connectivity index (χ4v) is 7.42. The number of carboxylic acids is 1. The summed E-state index contributed by atoms with van der Waals surface area (Å²) in [6, 6.07) is 0. The molecule has 2 aliphatic heterocycles. The first-order chi connectivity index (χ1) is 17.5. The van der Waals surface area contributed by atoms with Gasteiger partial charge < -0.3 is 29.2 Å². The minimum atomic E-state index is -0.936. The molecule has 3 unspecified atom stereocenters. The average Bonchev–Trinajstić information content (AvgIpc) is 3.32. The van der Waals surface area contributed by atoms with Crippen molar-refractivity contribution in [2.24, 2.45) is 29.1 Å². The average molecular weight is 525 g/mol. The van der Waals surface area contributed by atoms with Gasteiger partial charge in [0.25, 0.3) is 0 Å². The molecule has 7 nitrogen and oxygen atoms in total. The predicted octanol–water partition coefficient (Wildman–Crippen LogP) is 5.91. The Morgan fingerprint density at radius 1 is 1.03 bits per heavy atom. The van der Waals surface area contributed by atoms with Crippen LogP contribution in [0, 0.1) is 29.1 Å². The lowest BCUT2D eigenvalue weighted by Gasteiger charge is -2.44. The summed E-state index contributed by atoms with van der Waals surface area (Å²) < 4.78 is 24.6. The summed E-state index contributed by atoms with van der Waals surface area (Å²) in [5.74, 6) is -1.80. The number of hydrogen-bond acceptors (Lipinski definition) is 6. The van der Waals surface area contributed by atoms with Crippen molar-refractivity contribution in [1.29, 1.82) is 0 Å². The maximum Gasteiger partial charge on any atom is 0.309 e. The van der Waals surface area contributed by atoms with Crippen LogP contribution in [-0.2, 0) is 23.7 Å². The van der Waals surface area contributed by atoms with Crippen molar-refractivity contribution in [3.8, 4) is 0 Å². The van der Waals surface area contributed by atoms with Crippen molar-refractivity contribution in [1.82, 2.24) is 0 Å². The van der Waals surface area contributed by atoms with Crippen LogP contribution in [0.25, 0.3) is 0 Å². The Bertz CT molecular complexity index is 738. The summed E-state index contributed by atoms with van der Waals surface area (Å²) in [6.45, 7) is 11.2. The summed E-state index contributed by atoms with van der Waals surface area (Å²) in [5, 5.41) is 22.1. The molecule has 0 aromatic carbocycles. The lowest BCUT2D eigenvalue weighted by Crippen LogP contribution is -2.49. The molecule has 0 bridgehead atoms. The highest BCUT2D eigenvalue weighted by molar-refractivity contribution is 5.71. The molecule has 37 heavy (non-hydrogen) atoms. The third-order valence-electron chi connectivity index (χ3n) is 9.59. The Labute approximate surface area is 224 Å². The van der Waals surface area contributed by atoms with Gasteiger partial charge in [-0.25, -0.2) is 0 Å². The van der Waals surface area contributed by atoms with Gasteiger partial charge in [0.2, 0.25) is 0 Å². The second kappa shape index (κ2) is 12.2. The zero-order chi connectivity index (χ0) is 26.8. The molecule has 0 amide bonds. The van der Waals surface area contributed by atoms with Gasteiger partial charge in [-0.3, -0.25) is 4.79 Å². The number of aliphatic hydroxyl groups is 1. The predicted molar refractivity (Wildman–Crippen MR) is 141 cm³/mol. The molecule has 7 atom stereocenters. The molecule has 214 valence electrons. The highest BCUT2D eigenvalue weighted by atomic mass is 16.8.